The van der Waals surface area contributed by atoms with Gasteiger partial charge in [-0.3, -0.25) is 19.3 Å². The van der Waals surface area contributed by atoms with Gasteiger partial charge in [-0.25, -0.2) is 4.79 Å². The van der Waals surface area contributed by atoms with Crippen LogP contribution in [0.2, 0.25) is 0 Å². The van der Waals surface area contributed by atoms with Gasteiger partial charge >= 0.3 is 11.9 Å². The van der Waals surface area contributed by atoms with E-state index < -0.39 is 24.5 Å². The number of nitrogens with zero attached hydrogens (tertiary/aromatic N) is 1. The van der Waals surface area contributed by atoms with Crippen LogP contribution in [0.4, 0.5) is 17.1 Å². The molecule has 0 saturated heterocycles. The summed E-state index contributed by atoms with van der Waals surface area (Å²) in [6.07, 6.45) is 1.47. The molecule has 0 fully saturated rings. The molecule has 0 aromatic heterocycles. The van der Waals surface area contributed by atoms with Crippen LogP contribution in [-0.2, 0) is 23.9 Å². The Morgan fingerprint density at radius 3 is 1.92 bits per heavy atom. The minimum atomic E-state index is -0.658. The fourth-order valence-corrected chi connectivity index (χ4v) is 3.41. The first kappa shape index (κ1) is 27.1. The van der Waals surface area contributed by atoms with Gasteiger partial charge in [-0.1, -0.05) is 49.7 Å². The molecule has 0 atom stereocenters. The van der Waals surface area contributed by atoms with Crippen LogP contribution in [0.5, 0.6) is 0 Å². The number of carbonyl (C=O) groups is 4. The van der Waals surface area contributed by atoms with Gasteiger partial charge in [0.25, 0.3) is 5.91 Å². The lowest BCUT2D eigenvalue weighted by molar-refractivity contribution is -0.148. The number of carbonyl (C=O) groups excluding carboxylic acids is 4. The van der Waals surface area contributed by atoms with E-state index in [-0.39, 0.29) is 18.7 Å². The van der Waals surface area contributed by atoms with Crippen molar-refractivity contribution in [2.75, 3.05) is 23.4 Å². The molecular weight excluding hydrogens is 472 g/mol. The third-order valence-electron chi connectivity index (χ3n) is 5.32. The van der Waals surface area contributed by atoms with Gasteiger partial charge in [0, 0.05) is 23.5 Å². The number of esters is 2. The van der Waals surface area contributed by atoms with E-state index in [0.717, 1.165) is 12.8 Å². The van der Waals surface area contributed by atoms with Crippen molar-refractivity contribution in [1.82, 2.24) is 0 Å². The van der Waals surface area contributed by atoms with Crippen LogP contribution >= 0.6 is 0 Å². The van der Waals surface area contributed by atoms with E-state index in [1.54, 1.807) is 29.2 Å². The summed E-state index contributed by atoms with van der Waals surface area (Å²) < 4.78 is 10.2. The number of anilines is 3. The highest BCUT2D eigenvalue weighted by Crippen LogP contribution is 2.26. The Kier molecular flexibility index (Phi) is 10.4. The van der Waals surface area contributed by atoms with Crippen LogP contribution in [0.15, 0.2) is 84.9 Å². The number of benzene rings is 3. The van der Waals surface area contributed by atoms with Crippen molar-refractivity contribution in [3.63, 3.8) is 0 Å². The fourth-order valence-electron chi connectivity index (χ4n) is 3.41. The van der Waals surface area contributed by atoms with Crippen LogP contribution in [0.3, 0.4) is 0 Å². The molecular formula is C29H30N2O6. The number of hydrogen-bond acceptors (Lipinski definition) is 6. The Morgan fingerprint density at radius 1 is 0.757 bits per heavy atom. The summed E-state index contributed by atoms with van der Waals surface area (Å²) in [5.41, 5.74) is 2.20. The second-order valence-electron chi connectivity index (χ2n) is 8.18. The molecule has 2 amide bonds. The molecule has 1 N–H and O–H groups in total. The zero-order valence-electron chi connectivity index (χ0n) is 20.7. The number of hydrogen-bond donors (Lipinski definition) is 1. The first-order chi connectivity index (χ1) is 18.0. The number of nitrogens with one attached hydrogen (secondary N) is 1. The molecule has 8 nitrogen and oxygen atoms in total. The Morgan fingerprint density at radius 2 is 1.35 bits per heavy atom. The van der Waals surface area contributed by atoms with E-state index in [1.807, 2.05) is 67.6 Å². The minimum absolute atomic E-state index is 0.0833. The summed E-state index contributed by atoms with van der Waals surface area (Å²) in [7, 11) is 0. The summed E-state index contributed by atoms with van der Waals surface area (Å²) in [6.45, 7) is 1.88. The zero-order chi connectivity index (χ0) is 26.5. The monoisotopic (exact) mass is 502 g/mol. The topological polar surface area (TPSA) is 102 Å². The van der Waals surface area contributed by atoms with E-state index in [1.165, 1.54) is 0 Å². The number of amides is 2. The van der Waals surface area contributed by atoms with Crippen LogP contribution in [0.25, 0.3) is 0 Å². The first-order valence-electron chi connectivity index (χ1n) is 12.1. The van der Waals surface area contributed by atoms with Gasteiger partial charge in [-0.05, 0) is 55.0 Å². The molecule has 0 saturated carbocycles. The maximum Gasteiger partial charge on any atom is 0.338 e. The fraction of sp³-hybridized carbons (Fsp3) is 0.241. The Hall–Kier alpha value is -4.46. The van der Waals surface area contributed by atoms with Crippen molar-refractivity contribution < 1.29 is 28.7 Å². The van der Waals surface area contributed by atoms with Crippen molar-refractivity contribution in [2.24, 2.45) is 0 Å². The standard InChI is InChI=1S/C29H30N2O6/c1-2-3-20-36-29(35)22-14-16-23(17-15-22)30-26(32)21-37-28(34)19-18-27(33)31(24-10-6-4-7-11-24)25-12-8-5-9-13-25/h4-17H,2-3,18-21H2,1H3,(H,30,32). The smallest absolute Gasteiger partial charge is 0.338 e. The van der Waals surface area contributed by atoms with E-state index in [2.05, 4.69) is 5.32 Å². The second-order valence-corrected chi connectivity index (χ2v) is 8.18. The quantitative estimate of drug-likeness (QED) is 0.267. The highest BCUT2D eigenvalue weighted by Gasteiger charge is 2.19. The van der Waals surface area contributed by atoms with Crippen molar-refractivity contribution in [3.05, 3.63) is 90.5 Å². The molecule has 3 rings (SSSR count). The molecule has 37 heavy (non-hydrogen) atoms. The maximum atomic E-state index is 13.0. The molecule has 0 radical (unpaired) electrons. The second kappa shape index (κ2) is 14.2. The summed E-state index contributed by atoms with van der Waals surface area (Å²) >= 11 is 0. The van der Waals surface area contributed by atoms with Gasteiger partial charge in [0.05, 0.1) is 18.6 Å². The van der Waals surface area contributed by atoms with E-state index >= 15 is 0 Å². The van der Waals surface area contributed by atoms with Crippen LogP contribution in [0, 0.1) is 0 Å². The molecule has 3 aromatic carbocycles. The van der Waals surface area contributed by atoms with Crippen molar-refractivity contribution in [2.45, 2.75) is 32.6 Å². The molecule has 0 aliphatic carbocycles. The Labute approximate surface area is 216 Å². The van der Waals surface area contributed by atoms with Gasteiger partial charge in [0.2, 0.25) is 5.91 Å². The van der Waals surface area contributed by atoms with Crippen LogP contribution in [-0.4, -0.2) is 37.0 Å². The number of unbranched alkanes of at least 4 members (excludes halogenated alkanes) is 1. The highest BCUT2D eigenvalue weighted by atomic mass is 16.5. The third kappa shape index (κ3) is 8.61. The van der Waals surface area contributed by atoms with Crippen molar-refractivity contribution in [3.8, 4) is 0 Å². The number of rotatable bonds is 12. The van der Waals surface area contributed by atoms with Crippen molar-refractivity contribution in [1.29, 1.82) is 0 Å². The van der Waals surface area contributed by atoms with Crippen molar-refractivity contribution >= 4 is 40.8 Å². The molecule has 3 aromatic rings. The molecule has 192 valence electrons. The average molecular weight is 503 g/mol. The van der Waals surface area contributed by atoms with Crippen LogP contribution in [0.1, 0.15) is 43.0 Å². The lowest BCUT2D eigenvalue weighted by Gasteiger charge is -2.23. The predicted molar refractivity (Wildman–Crippen MR) is 140 cm³/mol. The highest BCUT2D eigenvalue weighted by molar-refractivity contribution is 6.01. The molecule has 0 aliphatic heterocycles. The number of para-hydroxylation sites is 2. The predicted octanol–water partition coefficient (Wildman–Crippen LogP) is 5.27. The molecule has 0 heterocycles. The van der Waals surface area contributed by atoms with Gasteiger partial charge in [-0.2, -0.15) is 0 Å². The van der Waals surface area contributed by atoms with E-state index in [0.29, 0.717) is 29.2 Å². The molecule has 8 heteroatoms. The zero-order valence-corrected chi connectivity index (χ0v) is 20.7. The van der Waals surface area contributed by atoms with Gasteiger partial charge in [-0.15, -0.1) is 0 Å². The Bertz CT molecular complexity index is 1140. The first-order valence-corrected chi connectivity index (χ1v) is 12.1. The number of ether oxygens (including phenoxy) is 2. The summed E-state index contributed by atoms with van der Waals surface area (Å²) in [6, 6.07) is 24.5. The summed E-state index contributed by atoms with van der Waals surface area (Å²) in [4.78, 5) is 50.9. The van der Waals surface area contributed by atoms with Gasteiger partial charge in [0.15, 0.2) is 6.61 Å². The molecule has 0 spiro atoms. The lowest BCUT2D eigenvalue weighted by Crippen LogP contribution is -2.27. The minimum Gasteiger partial charge on any atom is -0.462 e. The Balaban J connectivity index is 1.46. The third-order valence-corrected chi connectivity index (χ3v) is 5.32. The molecule has 0 aliphatic rings. The van der Waals surface area contributed by atoms with Gasteiger partial charge < -0.3 is 14.8 Å². The summed E-state index contributed by atoms with van der Waals surface area (Å²) in [5, 5.41) is 2.60. The lowest BCUT2D eigenvalue weighted by atomic mass is 10.2. The normalized spacial score (nSPS) is 10.3. The average Bonchev–Trinajstić information content (AvgIpc) is 2.92. The van der Waals surface area contributed by atoms with Crippen LogP contribution < -0.4 is 10.2 Å². The summed E-state index contributed by atoms with van der Waals surface area (Å²) in [5.74, 6) is -1.89. The SMILES string of the molecule is CCCCOC(=O)c1ccc(NC(=O)COC(=O)CCC(=O)N(c2ccccc2)c2ccccc2)cc1. The largest absolute Gasteiger partial charge is 0.462 e. The van der Waals surface area contributed by atoms with E-state index in [9.17, 15) is 19.2 Å². The van der Waals surface area contributed by atoms with E-state index in [4.69, 9.17) is 9.47 Å². The van der Waals surface area contributed by atoms with Gasteiger partial charge in [0.1, 0.15) is 0 Å². The maximum absolute atomic E-state index is 13.0. The molecule has 0 bridgehead atoms. The molecule has 0 unspecified atom stereocenters.